The SMILES string of the molecule is CCOc1ncc(C(C)=O)cc1-c1nc2c(CC)nn(Cc3nccn3C)c2c(=O)[nH]1. The molecular weight excluding hydrogens is 398 g/mol. The first kappa shape index (κ1) is 20.5. The lowest BCUT2D eigenvalue weighted by atomic mass is 10.1. The molecule has 0 radical (unpaired) electrons. The molecule has 0 fully saturated rings. The van der Waals surface area contributed by atoms with Crippen LogP contribution >= 0.6 is 0 Å². The number of aryl methyl sites for hydroxylation is 2. The van der Waals surface area contributed by atoms with E-state index in [2.05, 4.69) is 20.1 Å². The molecule has 0 aromatic carbocycles. The molecule has 10 nitrogen and oxygen atoms in total. The van der Waals surface area contributed by atoms with E-state index in [0.29, 0.717) is 53.3 Å². The molecule has 1 N–H and O–H groups in total. The first-order valence-electron chi connectivity index (χ1n) is 10.0. The third kappa shape index (κ3) is 3.72. The molecule has 0 saturated carbocycles. The molecule has 0 amide bonds. The Morgan fingerprint density at radius 2 is 2.06 bits per heavy atom. The van der Waals surface area contributed by atoms with Crippen molar-refractivity contribution in [1.29, 1.82) is 0 Å². The lowest BCUT2D eigenvalue weighted by molar-refractivity contribution is 0.101. The van der Waals surface area contributed by atoms with Gasteiger partial charge in [0.25, 0.3) is 5.56 Å². The van der Waals surface area contributed by atoms with E-state index in [4.69, 9.17) is 9.72 Å². The molecule has 0 aliphatic carbocycles. The fourth-order valence-corrected chi connectivity index (χ4v) is 3.38. The van der Waals surface area contributed by atoms with Crippen LogP contribution in [-0.4, -0.2) is 46.7 Å². The zero-order chi connectivity index (χ0) is 22.1. The van der Waals surface area contributed by atoms with Gasteiger partial charge in [0, 0.05) is 31.2 Å². The number of pyridine rings is 1. The molecular formula is C21H23N7O3. The van der Waals surface area contributed by atoms with Gasteiger partial charge < -0.3 is 14.3 Å². The highest BCUT2D eigenvalue weighted by atomic mass is 16.5. The van der Waals surface area contributed by atoms with Gasteiger partial charge in [0.15, 0.2) is 11.3 Å². The first-order chi connectivity index (χ1) is 14.9. The largest absolute Gasteiger partial charge is 0.477 e. The second-order valence-electron chi connectivity index (χ2n) is 7.09. The van der Waals surface area contributed by atoms with Crippen molar-refractivity contribution in [3.8, 4) is 17.3 Å². The lowest BCUT2D eigenvalue weighted by Gasteiger charge is -2.10. The molecule has 0 bridgehead atoms. The number of nitrogens with one attached hydrogen (secondary N) is 1. The molecule has 0 atom stereocenters. The summed E-state index contributed by atoms with van der Waals surface area (Å²) in [4.78, 5) is 41.1. The van der Waals surface area contributed by atoms with Crippen molar-refractivity contribution in [2.24, 2.45) is 7.05 Å². The van der Waals surface area contributed by atoms with Gasteiger partial charge in [-0.05, 0) is 26.3 Å². The minimum Gasteiger partial charge on any atom is -0.477 e. The van der Waals surface area contributed by atoms with Gasteiger partial charge in [-0.15, -0.1) is 0 Å². The number of aromatic amines is 1. The van der Waals surface area contributed by atoms with E-state index < -0.39 is 0 Å². The Morgan fingerprint density at radius 1 is 1.26 bits per heavy atom. The van der Waals surface area contributed by atoms with Crippen LogP contribution in [0.5, 0.6) is 5.88 Å². The second-order valence-corrected chi connectivity index (χ2v) is 7.09. The summed E-state index contributed by atoms with van der Waals surface area (Å²) in [6.07, 6.45) is 5.60. The van der Waals surface area contributed by atoms with Crippen LogP contribution in [0, 0.1) is 0 Å². The molecule has 0 unspecified atom stereocenters. The molecule has 4 aromatic heterocycles. The second kappa shape index (κ2) is 8.13. The highest BCUT2D eigenvalue weighted by Gasteiger charge is 2.20. The van der Waals surface area contributed by atoms with E-state index in [1.54, 1.807) is 16.9 Å². The van der Waals surface area contributed by atoms with E-state index in [-0.39, 0.29) is 17.2 Å². The summed E-state index contributed by atoms with van der Waals surface area (Å²) in [5.41, 5.74) is 2.10. The van der Waals surface area contributed by atoms with Gasteiger partial charge in [-0.3, -0.25) is 9.59 Å². The fraction of sp³-hybridized carbons (Fsp3) is 0.333. The van der Waals surface area contributed by atoms with Gasteiger partial charge in [-0.25, -0.2) is 19.6 Å². The molecule has 0 spiro atoms. The normalized spacial score (nSPS) is 11.2. The van der Waals surface area contributed by atoms with Gasteiger partial charge in [-0.1, -0.05) is 6.92 Å². The average molecular weight is 421 g/mol. The number of hydrogen-bond donors (Lipinski definition) is 1. The fourth-order valence-electron chi connectivity index (χ4n) is 3.38. The summed E-state index contributed by atoms with van der Waals surface area (Å²) in [5.74, 6) is 1.21. The number of aromatic nitrogens is 7. The number of nitrogens with zero attached hydrogens (tertiary/aromatic N) is 6. The maximum absolute atomic E-state index is 13.1. The van der Waals surface area contributed by atoms with E-state index in [0.717, 1.165) is 5.82 Å². The highest BCUT2D eigenvalue weighted by molar-refractivity contribution is 5.95. The van der Waals surface area contributed by atoms with Gasteiger partial charge in [0.05, 0.1) is 17.9 Å². The molecule has 31 heavy (non-hydrogen) atoms. The summed E-state index contributed by atoms with van der Waals surface area (Å²) in [6.45, 7) is 5.97. The maximum Gasteiger partial charge on any atom is 0.277 e. The third-order valence-electron chi connectivity index (χ3n) is 5.01. The minimum atomic E-state index is -0.336. The Bertz CT molecular complexity index is 1330. The van der Waals surface area contributed by atoms with Crippen molar-refractivity contribution < 1.29 is 9.53 Å². The maximum atomic E-state index is 13.1. The van der Waals surface area contributed by atoms with Crippen molar-refractivity contribution in [2.45, 2.75) is 33.7 Å². The number of fused-ring (bicyclic) bond motifs is 1. The van der Waals surface area contributed by atoms with Crippen LogP contribution in [0.25, 0.3) is 22.4 Å². The topological polar surface area (TPSA) is 121 Å². The number of imidazole rings is 1. The predicted molar refractivity (Wildman–Crippen MR) is 114 cm³/mol. The summed E-state index contributed by atoms with van der Waals surface area (Å²) in [5, 5.41) is 4.60. The Kier molecular flexibility index (Phi) is 5.37. The van der Waals surface area contributed by atoms with Crippen molar-refractivity contribution in [3.63, 3.8) is 0 Å². The molecule has 4 aromatic rings. The van der Waals surface area contributed by atoms with Gasteiger partial charge >= 0.3 is 0 Å². The molecule has 0 aliphatic heterocycles. The van der Waals surface area contributed by atoms with Crippen molar-refractivity contribution >= 4 is 16.8 Å². The standard InChI is InChI=1S/C21H23N7O3/c1-5-15-17-18(28(26-15)11-16-22-7-8-27(16)4)20(30)25-19(24-17)14-9-13(12(3)29)10-23-21(14)31-6-2/h7-10H,5-6,11H2,1-4H3,(H,24,25,30). The average Bonchev–Trinajstić information content (AvgIpc) is 3.32. The Hall–Kier alpha value is -3.82. The number of ketones is 1. The van der Waals surface area contributed by atoms with Gasteiger partial charge in [-0.2, -0.15) is 5.10 Å². The van der Waals surface area contributed by atoms with Gasteiger partial charge in [0.2, 0.25) is 5.88 Å². The van der Waals surface area contributed by atoms with Crippen molar-refractivity contribution in [1.82, 2.24) is 34.3 Å². The first-order valence-corrected chi connectivity index (χ1v) is 10.0. The molecule has 10 heteroatoms. The molecule has 4 heterocycles. The lowest BCUT2D eigenvalue weighted by Crippen LogP contribution is -2.16. The number of ether oxygens (including phenoxy) is 1. The smallest absolute Gasteiger partial charge is 0.277 e. The minimum absolute atomic E-state index is 0.141. The predicted octanol–water partition coefficient (Wildman–Crippen LogP) is 2.13. The van der Waals surface area contributed by atoms with Crippen LogP contribution in [0.3, 0.4) is 0 Å². The highest BCUT2D eigenvalue weighted by Crippen LogP contribution is 2.27. The van der Waals surface area contributed by atoms with Crippen LogP contribution in [-0.2, 0) is 20.0 Å². The number of rotatable bonds is 7. The van der Waals surface area contributed by atoms with Crippen LogP contribution in [0.2, 0.25) is 0 Å². The van der Waals surface area contributed by atoms with Gasteiger partial charge in [0.1, 0.15) is 23.7 Å². The van der Waals surface area contributed by atoms with Crippen molar-refractivity contribution in [3.05, 3.63) is 52.1 Å². The molecule has 0 aliphatic rings. The van der Waals surface area contributed by atoms with Crippen LogP contribution in [0.15, 0.2) is 29.5 Å². The summed E-state index contributed by atoms with van der Waals surface area (Å²) < 4.78 is 9.11. The van der Waals surface area contributed by atoms with Crippen LogP contribution < -0.4 is 10.3 Å². The van der Waals surface area contributed by atoms with Crippen LogP contribution in [0.4, 0.5) is 0 Å². The number of carbonyl (C=O) groups is 1. The third-order valence-corrected chi connectivity index (χ3v) is 5.01. The monoisotopic (exact) mass is 421 g/mol. The molecule has 0 saturated heterocycles. The summed E-state index contributed by atoms with van der Waals surface area (Å²) in [6, 6.07) is 1.63. The zero-order valence-corrected chi connectivity index (χ0v) is 17.8. The Morgan fingerprint density at radius 3 is 2.71 bits per heavy atom. The Labute approximate surface area is 177 Å². The summed E-state index contributed by atoms with van der Waals surface area (Å²) >= 11 is 0. The Balaban J connectivity index is 1.91. The summed E-state index contributed by atoms with van der Waals surface area (Å²) in [7, 11) is 1.89. The van der Waals surface area contributed by atoms with Crippen LogP contribution in [0.1, 0.15) is 42.6 Å². The van der Waals surface area contributed by atoms with Crippen molar-refractivity contribution in [2.75, 3.05) is 6.61 Å². The quantitative estimate of drug-likeness (QED) is 0.454. The van der Waals surface area contributed by atoms with E-state index >= 15 is 0 Å². The zero-order valence-electron chi connectivity index (χ0n) is 17.8. The van der Waals surface area contributed by atoms with E-state index in [9.17, 15) is 9.59 Å². The number of Topliss-reactive ketones (excluding diaryl/α,β-unsaturated/α-hetero) is 1. The number of H-pyrrole nitrogens is 1. The van der Waals surface area contributed by atoms with E-state index in [1.165, 1.54) is 13.1 Å². The number of carbonyl (C=O) groups excluding carboxylic acids is 1. The number of hydrogen-bond acceptors (Lipinski definition) is 7. The van der Waals surface area contributed by atoms with E-state index in [1.807, 2.05) is 31.7 Å². The molecule has 160 valence electrons. The molecule has 4 rings (SSSR count).